The second-order valence-corrected chi connectivity index (χ2v) is 12.3. The fraction of sp³-hybridized carbons (Fsp3) is 0.258. The first-order valence-electron chi connectivity index (χ1n) is 13.0. The van der Waals surface area contributed by atoms with Crippen LogP contribution in [0.5, 0.6) is 11.5 Å². The molecule has 2 amide bonds. The zero-order chi connectivity index (χ0) is 29.3. The monoisotopic (exact) mass is 679 g/mol. The molecule has 0 radical (unpaired) electrons. The number of carbonyl (C=O) groups excluding carboxylic acids is 5. The highest BCUT2D eigenvalue weighted by molar-refractivity contribution is 9.12. The van der Waals surface area contributed by atoms with Gasteiger partial charge in [-0.15, -0.1) is 0 Å². The van der Waals surface area contributed by atoms with E-state index in [-0.39, 0.29) is 51.6 Å². The summed E-state index contributed by atoms with van der Waals surface area (Å²) in [6.07, 6.45) is 3.62. The topological polar surface area (TPSA) is 118 Å². The van der Waals surface area contributed by atoms with Gasteiger partial charge in [-0.25, -0.2) is 0 Å². The van der Waals surface area contributed by atoms with Crippen molar-refractivity contribution in [2.24, 2.45) is 17.8 Å². The molecule has 41 heavy (non-hydrogen) atoms. The van der Waals surface area contributed by atoms with E-state index in [9.17, 15) is 29.1 Å². The number of rotatable bonds is 4. The van der Waals surface area contributed by atoms with Gasteiger partial charge in [-0.05, 0) is 99.5 Å². The number of amides is 2. The van der Waals surface area contributed by atoms with Crippen LogP contribution in [0, 0.1) is 17.8 Å². The number of carbonyl (C=O) groups is 5. The van der Waals surface area contributed by atoms with E-state index in [1.807, 2.05) is 6.08 Å². The number of fused-ring (bicyclic) bond motifs is 3. The smallest absolute Gasteiger partial charge is 0.238 e. The lowest BCUT2D eigenvalue weighted by Crippen LogP contribution is -2.39. The van der Waals surface area contributed by atoms with Gasteiger partial charge in [0, 0.05) is 28.7 Å². The van der Waals surface area contributed by atoms with E-state index in [2.05, 4.69) is 31.9 Å². The summed E-state index contributed by atoms with van der Waals surface area (Å²) in [4.78, 5) is 67.4. The highest BCUT2D eigenvalue weighted by Crippen LogP contribution is 2.56. The molecular weight excluding hydrogens is 658 g/mol. The van der Waals surface area contributed by atoms with Crippen molar-refractivity contribution in [2.75, 3.05) is 12.0 Å². The zero-order valence-corrected chi connectivity index (χ0v) is 25.1. The normalized spacial score (nSPS) is 25.4. The van der Waals surface area contributed by atoms with Crippen LogP contribution in [0.2, 0.25) is 0 Å². The lowest BCUT2D eigenvalue weighted by Gasteiger charge is -2.42. The van der Waals surface area contributed by atoms with Gasteiger partial charge >= 0.3 is 0 Å². The van der Waals surface area contributed by atoms with Crippen LogP contribution in [0.4, 0.5) is 5.69 Å². The Morgan fingerprint density at radius 2 is 1.73 bits per heavy atom. The van der Waals surface area contributed by atoms with E-state index in [4.69, 9.17) is 4.74 Å². The van der Waals surface area contributed by atoms with Crippen LogP contribution >= 0.6 is 31.9 Å². The molecule has 1 heterocycles. The summed E-state index contributed by atoms with van der Waals surface area (Å²) in [7, 11) is 1.42. The number of phenols is 1. The lowest BCUT2D eigenvalue weighted by atomic mass is 9.59. The average molecular weight is 681 g/mol. The molecule has 0 spiro atoms. The summed E-state index contributed by atoms with van der Waals surface area (Å²) in [5.74, 6) is -3.95. The summed E-state index contributed by atoms with van der Waals surface area (Å²) >= 11 is 6.59. The van der Waals surface area contributed by atoms with Crippen molar-refractivity contribution >= 4 is 66.7 Å². The summed E-state index contributed by atoms with van der Waals surface area (Å²) in [5.41, 5.74) is 2.88. The Morgan fingerprint density at radius 3 is 2.39 bits per heavy atom. The van der Waals surface area contributed by atoms with Gasteiger partial charge in [-0.3, -0.25) is 28.9 Å². The van der Waals surface area contributed by atoms with Crippen LogP contribution in [0.3, 0.4) is 0 Å². The number of Topliss-reactive ketones (excluding diaryl/α,β-unsaturated/α-hetero) is 2. The molecule has 0 bridgehead atoms. The van der Waals surface area contributed by atoms with Crippen molar-refractivity contribution in [3.63, 3.8) is 0 Å². The maximum atomic E-state index is 14.0. The molecule has 1 aliphatic heterocycles. The molecule has 1 fully saturated rings. The van der Waals surface area contributed by atoms with E-state index in [0.29, 0.717) is 38.9 Å². The van der Waals surface area contributed by atoms with Crippen LogP contribution in [-0.4, -0.2) is 41.4 Å². The van der Waals surface area contributed by atoms with Gasteiger partial charge in [-0.1, -0.05) is 11.6 Å². The van der Waals surface area contributed by atoms with Gasteiger partial charge < -0.3 is 9.84 Å². The van der Waals surface area contributed by atoms with E-state index >= 15 is 0 Å². The minimum Gasteiger partial charge on any atom is -0.503 e. The molecule has 1 N–H and O–H groups in total. The zero-order valence-electron chi connectivity index (χ0n) is 21.9. The van der Waals surface area contributed by atoms with Crippen LogP contribution in [0.25, 0.3) is 0 Å². The molecule has 0 aromatic heterocycles. The summed E-state index contributed by atoms with van der Waals surface area (Å²) in [6.45, 7) is 1.44. The van der Waals surface area contributed by atoms with Crippen molar-refractivity contribution in [3.8, 4) is 11.5 Å². The number of benzene rings is 2. The Kier molecular flexibility index (Phi) is 6.73. The Labute approximate surface area is 252 Å². The Morgan fingerprint density at radius 1 is 1.02 bits per heavy atom. The molecule has 8 nitrogen and oxygen atoms in total. The van der Waals surface area contributed by atoms with Crippen LogP contribution in [-0.2, 0) is 19.2 Å². The standard InChI is InChI=1S/C31H23Br2NO7/c1-13(35)14-3-5-16(6-4-14)34-30(39)18-8-7-17-19(26(18)31(34)40)11-20-27(23(36)12-22(33)28(20)37)25(17)15-9-21(32)29(38)24(10-15)41-2/h3-7,9-10,12,18-19,25-26,38H,8,11H2,1-2H3. The van der Waals surface area contributed by atoms with E-state index < -0.39 is 23.7 Å². The predicted octanol–water partition coefficient (Wildman–Crippen LogP) is 5.33. The third-order valence-electron chi connectivity index (χ3n) is 8.47. The number of hydrogen-bond donors (Lipinski definition) is 1. The molecule has 2 aromatic carbocycles. The van der Waals surface area contributed by atoms with Gasteiger partial charge in [0.1, 0.15) is 0 Å². The van der Waals surface area contributed by atoms with Gasteiger partial charge in [0.15, 0.2) is 28.8 Å². The van der Waals surface area contributed by atoms with Crippen LogP contribution < -0.4 is 9.64 Å². The van der Waals surface area contributed by atoms with E-state index in [1.54, 1.807) is 36.4 Å². The molecule has 10 heteroatoms. The second-order valence-electron chi connectivity index (χ2n) is 10.6. The summed E-state index contributed by atoms with van der Waals surface area (Å²) in [5, 5.41) is 10.4. The number of methoxy groups -OCH3 is 1. The van der Waals surface area contributed by atoms with Crippen molar-refractivity contribution in [3.05, 3.63) is 85.4 Å². The number of ether oxygens (including phenoxy) is 1. The van der Waals surface area contributed by atoms with Crippen molar-refractivity contribution in [2.45, 2.75) is 25.7 Å². The van der Waals surface area contributed by atoms with Crippen molar-refractivity contribution in [1.82, 2.24) is 0 Å². The van der Waals surface area contributed by atoms with E-state index in [1.165, 1.54) is 25.0 Å². The number of phenolic OH excluding ortho intramolecular Hbond substituents is 1. The third-order valence-corrected chi connectivity index (χ3v) is 9.66. The minimum atomic E-state index is -0.735. The largest absolute Gasteiger partial charge is 0.503 e. The Balaban J connectivity index is 1.48. The number of aromatic hydroxyl groups is 1. The molecule has 1 saturated heterocycles. The summed E-state index contributed by atoms with van der Waals surface area (Å²) < 4.78 is 5.86. The molecular formula is C31H23Br2NO7. The quantitative estimate of drug-likeness (QED) is 0.201. The second kappa shape index (κ2) is 10.0. The number of nitrogens with zero attached hydrogens (tertiary/aromatic N) is 1. The maximum absolute atomic E-state index is 14.0. The number of halogens is 2. The average Bonchev–Trinajstić information content (AvgIpc) is 3.21. The highest BCUT2D eigenvalue weighted by atomic mass is 79.9. The summed E-state index contributed by atoms with van der Waals surface area (Å²) in [6, 6.07) is 9.66. The first-order valence-corrected chi connectivity index (χ1v) is 14.6. The predicted molar refractivity (Wildman–Crippen MR) is 156 cm³/mol. The maximum Gasteiger partial charge on any atom is 0.238 e. The van der Waals surface area contributed by atoms with Crippen molar-refractivity contribution in [1.29, 1.82) is 0 Å². The van der Waals surface area contributed by atoms with Gasteiger partial charge in [0.05, 0.1) is 33.6 Å². The number of anilines is 1. The van der Waals surface area contributed by atoms with Gasteiger partial charge in [0.2, 0.25) is 11.8 Å². The van der Waals surface area contributed by atoms with E-state index in [0.717, 1.165) is 5.57 Å². The molecule has 3 aliphatic carbocycles. The molecule has 6 rings (SSSR count). The number of hydrogen-bond acceptors (Lipinski definition) is 7. The number of allylic oxidation sites excluding steroid dienone is 6. The lowest BCUT2D eigenvalue weighted by molar-refractivity contribution is -0.123. The number of imide groups is 1. The molecule has 208 valence electrons. The van der Waals surface area contributed by atoms with Crippen molar-refractivity contribution < 1.29 is 33.8 Å². The van der Waals surface area contributed by atoms with Gasteiger partial charge in [0.25, 0.3) is 0 Å². The first-order chi connectivity index (χ1) is 19.5. The molecule has 4 atom stereocenters. The first kappa shape index (κ1) is 27.5. The third kappa shape index (κ3) is 4.18. The van der Waals surface area contributed by atoms with Crippen LogP contribution in [0.15, 0.2) is 74.2 Å². The van der Waals surface area contributed by atoms with Crippen LogP contribution in [0.1, 0.15) is 41.6 Å². The minimum absolute atomic E-state index is 0.104. The fourth-order valence-corrected chi connectivity index (χ4v) is 7.51. The Bertz CT molecular complexity index is 1680. The van der Waals surface area contributed by atoms with Gasteiger partial charge in [-0.2, -0.15) is 0 Å². The molecule has 2 aromatic rings. The Hall–Kier alpha value is -3.63. The molecule has 0 saturated carbocycles. The number of ketones is 3. The SMILES string of the molecule is COc1cc(C2C3=CCC4C(=O)N(c5ccc(C(C)=O)cc5)C(=O)C4C3CC3=C2C(=O)C=C(Br)C3=O)cc(Br)c1O. The fourth-order valence-electron chi connectivity index (χ4n) is 6.60. The molecule has 4 aliphatic rings. The highest BCUT2D eigenvalue weighted by Gasteiger charge is 2.56. The molecule has 4 unspecified atom stereocenters.